The van der Waals surface area contributed by atoms with Crippen LogP contribution in [0.2, 0.25) is 0 Å². The Hall–Kier alpha value is -2.39. The maximum atomic E-state index is 14.1. The number of halogens is 2. The number of benzene rings is 1. The minimum absolute atomic E-state index is 0.174. The van der Waals surface area contributed by atoms with Gasteiger partial charge in [0, 0.05) is 30.8 Å². The highest BCUT2D eigenvalue weighted by atomic mass is 35.5. The van der Waals surface area contributed by atoms with E-state index in [4.69, 9.17) is 16.3 Å². The molecule has 1 heterocycles. The van der Waals surface area contributed by atoms with Gasteiger partial charge in [-0.2, -0.15) is 0 Å². The molecule has 0 saturated carbocycles. The monoisotopic (exact) mass is 345 g/mol. The largest absolute Gasteiger partial charge is 0.502 e. The molecule has 1 aliphatic rings. The lowest BCUT2D eigenvalue weighted by molar-refractivity contribution is -0.385. The molecule has 1 aliphatic heterocycles. The average molecular weight is 346 g/mol. The number of nitrogens with zero attached hydrogens (tertiary/aromatic N) is 1. The minimum Gasteiger partial charge on any atom is -0.502 e. The zero-order valence-electron chi connectivity index (χ0n) is 11.8. The van der Waals surface area contributed by atoms with E-state index < -0.39 is 28.1 Å². The summed E-state index contributed by atoms with van der Waals surface area (Å²) in [5, 5.41) is 25.3. The average Bonchev–Trinajstić information content (AvgIpc) is 2.48. The molecule has 124 valence electrons. The number of ether oxygens (including phenoxy) is 1. The van der Waals surface area contributed by atoms with Crippen LogP contribution < -0.4 is 10.6 Å². The Labute approximate surface area is 135 Å². The van der Waals surface area contributed by atoms with Gasteiger partial charge in [-0.15, -0.1) is 0 Å². The number of hydrogen-bond acceptors (Lipinski definition) is 6. The van der Waals surface area contributed by atoms with Crippen molar-refractivity contribution in [1.82, 2.24) is 10.6 Å². The number of nitrogens with one attached hydrogen (secondary N) is 2. The van der Waals surface area contributed by atoms with Gasteiger partial charge >= 0.3 is 5.69 Å². The van der Waals surface area contributed by atoms with Crippen molar-refractivity contribution in [2.75, 3.05) is 26.3 Å². The third-order valence-electron chi connectivity index (χ3n) is 3.04. The van der Waals surface area contributed by atoms with Gasteiger partial charge in [0.25, 0.3) is 5.91 Å². The first-order valence-electron chi connectivity index (χ1n) is 6.58. The number of aromatic hydroxyl groups is 1. The van der Waals surface area contributed by atoms with Gasteiger partial charge < -0.3 is 20.5 Å². The first-order chi connectivity index (χ1) is 10.9. The third kappa shape index (κ3) is 3.88. The molecular weight excluding hydrogens is 333 g/mol. The lowest BCUT2D eigenvalue weighted by Gasteiger charge is -2.16. The molecule has 1 aromatic rings. The molecule has 0 atom stereocenters. The molecule has 0 aromatic heterocycles. The Balaban J connectivity index is 2.56. The summed E-state index contributed by atoms with van der Waals surface area (Å²) in [6, 6.07) is 1.34. The Morgan fingerprint density at radius 3 is 2.61 bits per heavy atom. The maximum Gasteiger partial charge on any atom is 0.311 e. The lowest BCUT2D eigenvalue weighted by Crippen LogP contribution is -2.32. The molecular formula is C13H13ClFN3O5. The van der Waals surface area contributed by atoms with E-state index in [1.165, 1.54) is 0 Å². The van der Waals surface area contributed by atoms with Crippen molar-refractivity contribution in [2.24, 2.45) is 0 Å². The smallest absolute Gasteiger partial charge is 0.311 e. The fourth-order valence-corrected chi connectivity index (χ4v) is 2.26. The van der Waals surface area contributed by atoms with Gasteiger partial charge in [-0.3, -0.25) is 14.9 Å². The molecule has 0 unspecified atom stereocenters. The summed E-state index contributed by atoms with van der Waals surface area (Å²) >= 11 is 6.01. The molecule has 8 nitrogen and oxygen atoms in total. The number of phenolic OH excluding ortho intramolecular Hbond substituents is 1. The number of carbonyl (C=O) groups is 1. The van der Waals surface area contributed by atoms with Crippen LogP contribution in [0.5, 0.6) is 5.75 Å². The van der Waals surface area contributed by atoms with Crippen LogP contribution in [0.15, 0.2) is 17.3 Å². The number of hydrogen-bond donors (Lipinski definition) is 3. The van der Waals surface area contributed by atoms with Crippen LogP contribution in [0.4, 0.5) is 10.1 Å². The van der Waals surface area contributed by atoms with E-state index in [9.17, 15) is 24.4 Å². The van der Waals surface area contributed by atoms with E-state index >= 15 is 0 Å². The number of carbonyl (C=O) groups excluding carboxylic acids is 1. The standard InChI is InChI=1S/C13H13ClFN3O5/c14-12-11(13(20)17-2-4-23-3-1-16-12)7-5-9(18(21)22)10(19)6-8(7)15/h5-6,16,19H,1-4H2,(H,17,20)/b12-11-. The maximum absolute atomic E-state index is 14.1. The van der Waals surface area contributed by atoms with Crippen molar-refractivity contribution >= 4 is 28.8 Å². The van der Waals surface area contributed by atoms with E-state index in [1.807, 2.05) is 0 Å². The van der Waals surface area contributed by atoms with Gasteiger partial charge in [0.05, 0.1) is 23.7 Å². The number of amides is 1. The van der Waals surface area contributed by atoms with Gasteiger partial charge in [0.15, 0.2) is 5.75 Å². The highest BCUT2D eigenvalue weighted by Gasteiger charge is 2.25. The Kier molecular flexibility index (Phi) is 5.35. The fourth-order valence-electron chi connectivity index (χ4n) is 1.98. The van der Waals surface area contributed by atoms with Crippen molar-refractivity contribution in [3.8, 4) is 5.75 Å². The second kappa shape index (κ2) is 7.25. The zero-order valence-corrected chi connectivity index (χ0v) is 12.5. The first-order valence-corrected chi connectivity index (χ1v) is 6.96. The molecule has 0 spiro atoms. The van der Waals surface area contributed by atoms with Crippen LogP contribution in [-0.2, 0) is 9.53 Å². The Morgan fingerprint density at radius 2 is 1.96 bits per heavy atom. The van der Waals surface area contributed by atoms with Crippen molar-refractivity contribution in [2.45, 2.75) is 0 Å². The molecule has 0 radical (unpaired) electrons. The van der Waals surface area contributed by atoms with E-state index in [-0.39, 0.29) is 36.0 Å². The van der Waals surface area contributed by atoms with E-state index in [0.717, 1.165) is 6.07 Å². The number of nitro benzene ring substituents is 1. The van der Waals surface area contributed by atoms with Crippen LogP contribution in [-0.4, -0.2) is 42.2 Å². The van der Waals surface area contributed by atoms with Crippen molar-refractivity contribution in [3.05, 3.63) is 38.8 Å². The fraction of sp³-hybridized carbons (Fsp3) is 0.308. The highest BCUT2D eigenvalue weighted by molar-refractivity contribution is 6.39. The predicted octanol–water partition coefficient (Wildman–Crippen LogP) is 1.08. The van der Waals surface area contributed by atoms with Crippen LogP contribution in [0.1, 0.15) is 5.56 Å². The van der Waals surface area contributed by atoms with E-state index in [2.05, 4.69) is 10.6 Å². The van der Waals surface area contributed by atoms with Gasteiger partial charge in [0.1, 0.15) is 11.0 Å². The molecule has 2 rings (SSSR count). The summed E-state index contributed by atoms with van der Waals surface area (Å²) in [4.78, 5) is 22.2. The molecule has 0 saturated heterocycles. The molecule has 10 heteroatoms. The van der Waals surface area contributed by atoms with Crippen LogP contribution in [0, 0.1) is 15.9 Å². The molecule has 23 heavy (non-hydrogen) atoms. The highest BCUT2D eigenvalue weighted by Crippen LogP contribution is 2.33. The topological polar surface area (TPSA) is 114 Å². The summed E-state index contributed by atoms with van der Waals surface area (Å²) in [6.45, 7) is 1.03. The summed E-state index contributed by atoms with van der Waals surface area (Å²) in [6.07, 6.45) is 0. The van der Waals surface area contributed by atoms with Crippen LogP contribution in [0.3, 0.4) is 0 Å². The zero-order chi connectivity index (χ0) is 17.0. The minimum atomic E-state index is -1.01. The van der Waals surface area contributed by atoms with Crippen molar-refractivity contribution in [3.63, 3.8) is 0 Å². The number of phenols is 1. The summed E-state index contributed by atoms with van der Waals surface area (Å²) < 4.78 is 19.3. The van der Waals surface area contributed by atoms with Gasteiger partial charge in [-0.25, -0.2) is 4.39 Å². The lowest BCUT2D eigenvalue weighted by atomic mass is 10.0. The summed E-state index contributed by atoms with van der Waals surface area (Å²) in [7, 11) is 0. The van der Waals surface area contributed by atoms with Crippen LogP contribution >= 0.6 is 11.6 Å². The second-order valence-electron chi connectivity index (χ2n) is 4.56. The number of rotatable bonds is 2. The molecule has 3 N–H and O–H groups in total. The van der Waals surface area contributed by atoms with Crippen LogP contribution in [0.25, 0.3) is 5.57 Å². The molecule has 0 fully saturated rings. The molecule has 0 aliphatic carbocycles. The van der Waals surface area contributed by atoms with Crippen molar-refractivity contribution < 1.29 is 24.0 Å². The third-order valence-corrected chi connectivity index (χ3v) is 3.36. The Morgan fingerprint density at radius 1 is 1.30 bits per heavy atom. The van der Waals surface area contributed by atoms with Gasteiger partial charge in [-0.05, 0) is 0 Å². The quantitative estimate of drug-likeness (QED) is 0.420. The SMILES string of the molecule is O=C1NCCOCCN/C(Cl)=C\1c1cc([N+](=O)[O-])c(O)cc1F. The molecule has 1 aromatic carbocycles. The molecule has 1 amide bonds. The number of nitro groups is 1. The summed E-state index contributed by atoms with van der Waals surface area (Å²) in [5.41, 5.74) is -1.40. The van der Waals surface area contributed by atoms with E-state index in [0.29, 0.717) is 12.7 Å². The first kappa shape index (κ1) is 17.0. The normalized spacial score (nSPS) is 19.7. The summed E-state index contributed by atoms with van der Waals surface area (Å²) in [5.74, 6) is -2.56. The van der Waals surface area contributed by atoms with E-state index in [1.54, 1.807) is 0 Å². The second-order valence-corrected chi connectivity index (χ2v) is 4.94. The Bertz CT molecular complexity index is 680. The van der Waals surface area contributed by atoms with Crippen molar-refractivity contribution in [1.29, 1.82) is 0 Å². The molecule has 0 bridgehead atoms. The van der Waals surface area contributed by atoms with Gasteiger partial charge in [0.2, 0.25) is 0 Å². The van der Waals surface area contributed by atoms with Gasteiger partial charge in [-0.1, -0.05) is 11.6 Å². The predicted molar refractivity (Wildman–Crippen MR) is 79.3 cm³/mol.